The zero-order chi connectivity index (χ0) is 23.2. The number of ether oxygens (including phenoxy) is 2. The summed E-state index contributed by atoms with van der Waals surface area (Å²) >= 11 is 2.08. The lowest BCUT2D eigenvalue weighted by Gasteiger charge is -2.22. The Bertz CT molecular complexity index is 493. The number of rotatable bonds is 23. The third kappa shape index (κ3) is 22.0. The van der Waals surface area contributed by atoms with Crippen LogP contribution in [-0.4, -0.2) is 52.3 Å². The topological polar surface area (TPSA) is 61.8 Å². The summed E-state index contributed by atoms with van der Waals surface area (Å²) in [7, 11) is -3.26. The highest BCUT2D eigenvalue weighted by molar-refractivity contribution is 7.99. The van der Waals surface area contributed by atoms with Crippen molar-refractivity contribution >= 4 is 21.9 Å². The molecule has 1 heterocycles. The molecule has 7 heteroatoms. The van der Waals surface area contributed by atoms with Gasteiger partial charge in [-0.1, -0.05) is 77.0 Å². The molecule has 5 nitrogen and oxygen atoms in total. The molecule has 0 saturated carbocycles. The van der Waals surface area contributed by atoms with Gasteiger partial charge in [-0.15, -0.1) is 0 Å². The fourth-order valence-corrected chi connectivity index (χ4v) is 5.31. The van der Waals surface area contributed by atoms with E-state index in [-0.39, 0.29) is 6.29 Å². The average molecular weight is 495 g/mol. The SMILES string of the molecule is CS(=O)(=O)OCCCCCCCCCCCCCCCCSCCCOC1CCCCO1. The Morgan fingerprint density at radius 2 is 1.25 bits per heavy atom. The fourth-order valence-electron chi connectivity index (χ4n) is 3.96. The van der Waals surface area contributed by atoms with Crippen LogP contribution in [0.2, 0.25) is 0 Å². The van der Waals surface area contributed by atoms with Crippen molar-refractivity contribution in [3.05, 3.63) is 0 Å². The molecule has 192 valence electrons. The van der Waals surface area contributed by atoms with Crippen LogP contribution in [0.5, 0.6) is 0 Å². The molecule has 0 aromatic heterocycles. The van der Waals surface area contributed by atoms with Gasteiger partial charge in [-0.05, 0) is 50.0 Å². The van der Waals surface area contributed by atoms with E-state index in [1.54, 1.807) is 0 Å². The van der Waals surface area contributed by atoms with Gasteiger partial charge in [0.25, 0.3) is 10.1 Å². The van der Waals surface area contributed by atoms with Crippen molar-refractivity contribution < 1.29 is 22.1 Å². The normalized spacial score (nSPS) is 17.1. The predicted octanol–water partition coefficient (Wildman–Crippen LogP) is 7.09. The Morgan fingerprint density at radius 1 is 0.719 bits per heavy atom. The molecule has 0 bridgehead atoms. The first-order valence-corrected chi connectivity index (χ1v) is 16.2. The third-order valence-electron chi connectivity index (χ3n) is 5.86. The second kappa shape index (κ2) is 21.7. The minimum atomic E-state index is -3.26. The zero-order valence-corrected chi connectivity index (χ0v) is 22.3. The van der Waals surface area contributed by atoms with Crippen molar-refractivity contribution in [2.75, 3.05) is 37.6 Å². The van der Waals surface area contributed by atoms with Crippen molar-refractivity contribution in [3.63, 3.8) is 0 Å². The summed E-state index contributed by atoms with van der Waals surface area (Å²) in [5.41, 5.74) is 0. The number of hydrogen-bond acceptors (Lipinski definition) is 6. The monoisotopic (exact) mass is 494 g/mol. The van der Waals surface area contributed by atoms with Crippen LogP contribution in [0.1, 0.15) is 116 Å². The Balaban J connectivity index is 1.65. The van der Waals surface area contributed by atoms with Crippen LogP contribution in [0.4, 0.5) is 0 Å². The van der Waals surface area contributed by atoms with Gasteiger partial charge in [0.2, 0.25) is 0 Å². The zero-order valence-electron chi connectivity index (χ0n) is 20.7. The Kier molecular flexibility index (Phi) is 20.5. The van der Waals surface area contributed by atoms with E-state index in [1.807, 2.05) is 0 Å². The lowest BCUT2D eigenvalue weighted by molar-refractivity contribution is -0.162. The van der Waals surface area contributed by atoms with E-state index in [9.17, 15) is 8.42 Å². The molecule has 0 spiro atoms. The van der Waals surface area contributed by atoms with E-state index in [4.69, 9.17) is 13.7 Å². The molecule has 0 aliphatic carbocycles. The van der Waals surface area contributed by atoms with Crippen LogP contribution in [0, 0.1) is 0 Å². The van der Waals surface area contributed by atoms with Crippen LogP contribution < -0.4 is 0 Å². The van der Waals surface area contributed by atoms with E-state index in [0.29, 0.717) is 6.61 Å². The molecule has 0 N–H and O–H groups in total. The summed E-state index contributed by atoms with van der Waals surface area (Å²) in [4.78, 5) is 0. The second-order valence-corrected chi connectivity index (χ2v) is 12.0. The molecular weight excluding hydrogens is 444 g/mol. The molecule has 32 heavy (non-hydrogen) atoms. The van der Waals surface area contributed by atoms with Crippen LogP contribution in [0.3, 0.4) is 0 Å². The second-order valence-electron chi connectivity index (χ2n) is 9.11. The molecule has 0 radical (unpaired) electrons. The quantitative estimate of drug-likeness (QED) is 0.112. The van der Waals surface area contributed by atoms with Crippen molar-refractivity contribution in [1.29, 1.82) is 0 Å². The van der Waals surface area contributed by atoms with Crippen LogP contribution in [-0.2, 0) is 23.8 Å². The maximum atomic E-state index is 10.8. The molecule has 1 fully saturated rings. The molecule has 1 rings (SSSR count). The lowest BCUT2D eigenvalue weighted by Crippen LogP contribution is -2.22. The maximum absolute atomic E-state index is 10.8. The highest BCUT2D eigenvalue weighted by Crippen LogP contribution is 2.16. The highest BCUT2D eigenvalue weighted by atomic mass is 32.2. The first-order valence-electron chi connectivity index (χ1n) is 13.2. The lowest BCUT2D eigenvalue weighted by atomic mass is 10.0. The summed E-state index contributed by atoms with van der Waals surface area (Å²) in [5, 5.41) is 0. The smallest absolute Gasteiger partial charge is 0.264 e. The summed E-state index contributed by atoms with van der Waals surface area (Å²) in [6.45, 7) is 2.05. The minimum absolute atomic E-state index is 0.0706. The van der Waals surface area contributed by atoms with Crippen LogP contribution in [0.25, 0.3) is 0 Å². The molecule has 1 atom stereocenters. The number of hydrogen-bond donors (Lipinski definition) is 0. The Labute approximate surface area is 203 Å². The Morgan fingerprint density at radius 3 is 1.78 bits per heavy atom. The maximum Gasteiger partial charge on any atom is 0.264 e. The number of unbranched alkanes of at least 4 members (excludes halogenated alkanes) is 13. The standard InChI is InChI=1S/C25H50O5S2/c1-32(26,27)30-22-15-12-10-8-6-4-2-3-5-7-9-11-13-17-23-31-24-18-21-29-25-19-14-16-20-28-25/h25H,2-24H2,1H3. The van der Waals surface area contributed by atoms with E-state index >= 15 is 0 Å². The fraction of sp³-hybridized carbons (Fsp3) is 1.00. The van der Waals surface area contributed by atoms with E-state index < -0.39 is 10.1 Å². The van der Waals surface area contributed by atoms with Crippen LogP contribution >= 0.6 is 11.8 Å². The molecule has 0 aromatic carbocycles. The largest absolute Gasteiger partial charge is 0.353 e. The third-order valence-corrected chi connectivity index (χ3v) is 7.60. The highest BCUT2D eigenvalue weighted by Gasteiger charge is 2.13. The first kappa shape index (κ1) is 30.2. The van der Waals surface area contributed by atoms with Crippen molar-refractivity contribution in [1.82, 2.24) is 0 Å². The summed E-state index contributed by atoms with van der Waals surface area (Å²) in [6.07, 6.45) is 23.9. The van der Waals surface area contributed by atoms with Gasteiger partial charge in [-0.2, -0.15) is 20.2 Å². The summed E-state index contributed by atoms with van der Waals surface area (Å²) < 4.78 is 37.8. The molecular formula is C25H50O5S2. The van der Waals surface area contributed by atoms with Gasteiger partial charge in [0.15, 0.2) is 6.29 Å². The predicted molar refractivity (Wildman–Crippen MR) is 137 cm³/mol. The van der Waals surface area contributed by atoms with Gasteiger partial charge in [0.05, 0.1) is 19.5 Å². The van der Waals surface area contributed by atoms with Gasteiger partial charge >= 0.3 is 0 Å². The molecule has 0 aromatic rings. The van der Waals surface area contributed by atoms with E-state index in [1.165, 1.54) is 101 Å². The van der Waals surface area contributed by atoms with Gasteiger partial charge in [-0.3, -0.25) is 4.18 Å². The van der Waals surface area contributed by atoms with Crippen LogP contribution in [0.15, 0.2) is 0 Å². The van der Waals surface area contributed by atoms with Crippen molar-refractivity contribution in [2.45, 2.75) is 122 Å². The minimum Gasteiger partial charge on any atom is -0.353 e. The first-order chi connectivity index (χ1) is 15.6. The molecule has 1 unspecified atom stereocenters. The Hall–Kier alpha value is 0.180. The summed E-state index contributed by atoms with van der Waals surface area (Å²) in [5.74, 6) is 2.51. The summed E-state index contributed by atoms with van der Waals surface area (Å²) in [6, 6.07) is 0. The van der Waals surface area contributed by atoms with Crippen molar-refractivity contribution in [2.24, 2.45) is 0 Å². The molecule has 1 aliphatic rings. The van der Waals surface area contributed by atoms with Gasteiger partial charge in [0.1, 0.15) is 0 Å². The van der Waals surface area contributed by atoms with E-state index in [0.717, 1.165) is 45.2 Å². The molecule has 1 saturated heterocycles. The number of thioether (sulfide) groups is 1. The average Bonchev–Trinajstić information content (AvgIpc) is 2.77. The van der Waals surface area contributed by atoms with Gasteiger partial charge in [-0.25, -0.2) is 0 Å². The van der Waals surface area contributed by atoms with Gasteiger partial charge in [0, 0.05) is 6.61 Å². The molecule has 1 aliphatic heterocycles. The molecule has 0 amide bonds. The van der Waals surface area contributed by atoms with E-state index in [2.05, 4.69) is 11.8 Å². The van der Waals surface area contributed by atoms with Crippen molar-refractivity contribution in [3.8, 4) is 0 Å². The van der Waals surface area contributed by atoms with Gasteiger partial charge < -0.3 is 9.47 Å².